The Bertz CT molecular complexity index is 1260. The first kappa shape index (κ1) is 76.1. The summed E-state index contributed by atoms with van der Waals surface area (Å²) in [4.78, 5) is 24.5. The van der Waals surface area contributed by atoms with Crippen LogP contribution in [0.25, 0.3) is 0 Å². The lowest BCUT2D eigenvalue weighted by Gasteiger charge is -2.22. The van der Waals surface area contributed by atoms with Crippen molar-refractivity contribution in [3.05, 3.63) is 36.5 Å². The molecule has 6 heteroatoms. The van der Waals surface area contributed by atoms with Gasteiger partial charge in [0.2, 0.25) is 5.91 Å². The van der Waals surface area contributed by atoms with Gasteiger partial charge in [0.1, 0.15) is 0 Å². The van der Waals surface area contributed by atoms with Gasteiger partial charge in [0.15, 0.2) is 0 Å². The summed E-state index contributed by atoms with van der Waals surface area (Å²) in [5.41, 5.74) is 0. The number of rotatable bonds is 66. The number of ether oxygens (including phenoxy) is 1. The third kappa shape index (κ3) is 63.3. The molecule has 2 unspecified atom stereocenters. The number of allylic oxidation sites excluding steroid dienone is 6. The van der Waals surface area contributed by atoms with Crippen LogP contribution in [0.1, 0.15) is 386 Å². The van der Waals surface area contributed by atoms with Gasteiger partial charge in [-0.05, 0) is 83.5 Å². The number of aliphatic hydroxyl groups excluding tert-OH is 2. The highest BCUT2D eigenvalue weighted by Crippen LogP contribution is 2.18. The zero-order valence-corrected chi connectivity index (χ0v) is 52.7. The van der Waals surface area contributed by atoms with Crippen molar-refractivity contribution in [1.29, 1.82) is 0 Å². The summed E-state index contributed by atoms with van der Waals surface area (Å²) in [6.07, 6.45) is 86.3. The molecule has 0 spiro atoms. The van der Waals surface area contributed by atoms with Crippen molar-refractivity contribution < 1.29 is 24.5 Å². The summed E-state index contributed by atoms with van der Waals surface area (Å²) >= 11 is 0. The van der Waals surface area contributed by atoms with Gasteiger partial charge in [-0.15, -0.1) is 0 Å². The molecule has 0 saturated carbocycles. The first-order chi connectivity index (χ1) is 38.5. The van der Waals surface area contributed by atoms with E-state index in [9.17, 15) is 19.8 Å². The molecule has 2 atom stereocenters. The maximum Gasteiger partial charge on any atom is 0.305 e. The lowest BCUT2D eigenvalue weighted by atomic mass is 10.0. The molecular formula is C72H137NO5. The van der Waals surface area contributed by atoms with Crippen molar-refractivity contribution in [2.24, 2.45) is 0 Å². The summed E-state index contributed by atoms with van der Waals surface area (Å²) in [6.45, 7) is 4.96. The maximum atomic E-state index is 12.5. The van der Waals surface area contributed by atoms with Gasteiger partial charge < -0.3 is 20.3 Å². The fraction of sp³-hybridized carbons (Fsp3) is 0.889. The third-order valence-electron chi connectivity index (χ3n) is 16.4. The summed E-state index contributed by atoms with van der Waals surface area (Å²) < 4.78 is 5.48. The van der Waals surface area contributed by atoms with Gasteiger partial charge in [0, 0.05) is 12.8 Å². The van der Waals surface area contributed by atoms with E-state index in [4.69, 9.17) is 4.74 Å². The third-order valence-corrected chi connectivity index (χ3v) is 16.4. The minimum Gasteiger partial charge on any atom is -0.466 e. The van der Waals surface area contributed by atoms with Gasteiger partial charge in [0.25, 0.3) is 0 Å². The average molecular weight is 1100 g/mol. The summed E-state index contributed by atoms with van der Waals surface area (Å²) in [5, 5.41) is 23.3. The molecule has 0 saturated heterocycles. The minimum absolute atomic E-state index is 0.00590. The molecule has 460 valence electrons. The Balaban J connectivity index is 3.37. The molecule has 0 fully saturated rings. The van der Waals surface area contributed by atoms with Crippen LogP contribution in [0.15, 0.2) is 36.5 Å². The highest BCUT2D eigenvalue weighted by Gasteiger charge is 2.20. The van der Waals surface area contributed by atoms with Crippen LogP contribution >= 0.6 is 0 Å². The summed E-state index contributed by atoms with van der Waals surface area (Å²) in [5.74, 6) is -0.0251. The lowest BCUT2D eigenvalue weighted by molar-refractivity contribution is -0.143. The van der Waals surface area contributed by atoms with E-state index in [0.29, 0.717) is 25.9 Å². The van der Waals surface area contributed by atoms with Gasteiger partial charge in [0.05, 0.1) is 25.4 Å². The van der Waals surface area contributed by atoms with Crippen molar-refractivity contribution in [2.45, 2.75) is 398 Å². The molecule has 3 N–H and O–H groups in total. The Morgan fingerprint density at radius 1 is 0.359 bits per heavy atom. The smallest absolute Gasteiger partial charge is 0.305 e. The largest absolute Gasteiger partial charge is 0.466 e. The van der Waals surface area contributed by atoms with E-state index in [1.165, 1.54) is 302 Å². The van der Waals surface area contributed by atoms with Gasteiger partial charge >= 0.3 is 5.97 Å². The van der Waals surface area contributed by atoms with Crippen LogP contribution in [-0.2, 0) is 14.3 Å². The highest BCUT2D eigenvalue weighted by atomic mass is 16.5. The van der Waals surface area contributed by atoms with E-state index >= 15 is 0 Å². The Kier molecular flexibility index (Phi) is 65.9. The number of carbonyl (C=O) groups is 2. The number of esters is 1. The van der Waals surface area contributed by atoms with Gasteiger partial charge in [-0.3, -0.25) is 9.59 Å². The number of hydrogen-bond donors (Lipinski definition) is 3. The van der Waals surface area contributed by atoms with Gasteiger partial charge in [-0.25, -0.2) is 0 Å². The second-order valence-electron chi connectivity index (χ2n) is 24.2. The molecule has 0 radical (unpaired) electrons. The quantitative estimate of drug-likeness (QED) is 0.0320. The zero-order valence-electron chi connectivity index (χ0n) is 52.7. The predicted octanol–water partition coefficient (Wildman–Crippen LogP) is 22.7. The number of hydrogen-bond acceptors (Lipinski definition) is 5. The van der Waals surface area contributed by atoms with Crippen molar-refractivity contribution in [1.82, 2.24) is 5.32 Å². The Morgan fingerprint density at radius 3 is 0.987 bits per heavy atom. The Morgan fingerprint density at radius 2 is 0.641 bits per heavy atom. The molecule has 0 aromatic heterocycles. The molecule has 0 aliphatic heterocycles. The fourth-order valence-electron chi connectivity index (χ4n) is 11.0. The second-order valence-corrected chi connectivity index (χ2v) is 24.2. The van der Waals surface area contributed by atoms with Crippen LogP contribution in [0.3, 0.4) is 0 Å². The second kappa shape index (κ2) is 67.6. The molecule has 0 heterocycles. The SMILES string of the molecule is CCCCCCC/C=C\CCCCCCCC(=O)OCCCCCCCCCCC/C=C\C/C=C\CCCCCCCCCCCCCCCCCCCC(=O)NC(CO)C(O)CCCCCCCCCCCCCCCC. The standard InChI is InChI=1S/C72H137NO5/c1-3-5-7-9-11-13-15-17-40-44-48-52-56-60-64-70(75)69(68-74)73-71(76)65-61-57-53-49-45-41-38-36-34-32-30-28-26-24-22-20-19-21-23-25-27-29-31-33-35-37-39-43-47-51-55-59-63-67-78-72(77)66-62-58-54-50-46-42-18-16-14-12-10-8-6-4-2/h16,18,23,25,29,31,69-70,74-75H,3-15,17,19-22,24,26-28,30,32-68H2,1-2H3,(H,73,76)/b18-16-,25-23-,31-29-. The molecule has 0 aromatic carbocycles. The summed E-state index contributed by atoms with van der Waals surface area (Å²) in [6, 6.07) is -0.540. The number of carbonyl (C=O) groups excluding carboxylic acids is 2. The first-order valence-corrected chi connectivity index (χ1v) is 35.2. The van der Waals surface area contributed by atoms with Crippen LogP contribution < -0.4 is 5.32 Å². The number of nitrogens with one attached hydrogen (secondary N) is 1. The van der Waals surface area contributed by atoms with E-state index in [0.717, 1.165) is 51.4 Å². The van der Waals surface area contributed by atoms with Gasteiger partial charge in [-0.2, -0.15) is 0 Å². The summed E-state index contributed by atoms with van der Waals surface area (Å²) in [7, 11) is 0. The Labute approximate surface area is 487 Å². The molecule has 0 aromatic rings. The van der Waals surface area contributed by atoms with Crippen LogP contribution in [0, 0.1) is 0 Å². The highest BCUT2D eigenvalue weighted by molar-refractivity contribution is 5.76. The van der Waals surface area contributed by atoms with Crippen molar-refractivity contribution in [3.63, 3.8) is 0 Å². The van der Waals surface area contributed by atoms with Crippen LogP contribution in [0.5, 0.6) is 0 Å². The van der Waals surface area contributed by atoms with Crippen LogP contribution in [-0.4, -0.2) is 47.4 Å². The van der Waals surface area contributed by atoms with Crippen molar-refractivity contribution in [2.75, 3.05) is 13.2 Å². The van der Waals surface area contributed by atoms with E-state index in [1.807, 2.05) is 0 Å². The predicted molar refractivity (Wildman–Crippen MR) is 343 cm³/mol. The zero-order chi connectivity index (χ0) is 56.4. The fourth-order valence-corrected chi connectivity index (χ4v) is 11.0. The lowest BCUT2D eigenvalue weighted by Crippen LogP contribution is -2.45. The van der Waals surface area contributed by atoms with Gasteiger partial charge in [-0.1, -0.05) is 326 Å². The molecular weight excluding hydrogens is 959 g/mol. The van der Waals surface area contributed by atoms with Crippen LogP contribution in [0.4, 0.5) is 0 Å². The molecule has 6 nitrogen and oxygen atoms in total. The van der Waals surface area contributed by atoms with E-state index in [1.54, 1.807) is 0 Å². The molecule has 0 aliphatic carbocycles. The number of aliphatic hydroxyl groups is 2. The average Bonchev–Trinajstić information content (AvgIpc) is 3.44. The number of amides is 1. The van der Waals surface area contributed by atoms with E-state index in [-0.39, 0.29) is 18.5 Å². The van der Waals surface area contributed by atoms with E-state index in [2.05, 4.69) is 55.6 Å². The van der Waals surface area contributed by atoms with Crippen molar-refractivity contribution in [3.8, 4) is 0 Å². The first-order valence-electron chi connectivity index (χ1n) is 35.2. The van der Waals surface area contributed by atoms with Crippen LogP contribution in [0.2, 0.25) is 0 Å². The molecule has 0 aliphatic rings. The number of unbranched alkanes of at least 4 members (excludes halogenated alkanes) is 49. The monoisotopic (exact) mass is 1100 g/mol. The topological polar surface area (TPSA) is 95.9 Å². The molecule has 1 amide bonds. The molecule has 0 rings (SSSR count). The molecule has 78 heavy (non-hydrogen) atoms. The molecule has 0 bridgehead atoms. The maximum absolute atomic E-state index is 12.5. The van der Waals surface area contributed by atoms with E-state index < -0.39 is 12.1 Å². The van der Waals surface area contributed by atoms with Crippen molar-refractivity contribution >= 4 is 11.9 Å². The Hall–Kier alpha value is -1.92. The normalized spacial score (nSPS) is 12.7. The minimum atomic E-state index is -0.662.